The van der Waals surface area contributed by atoms with Gasteiger partial charge in [0.2, 0.25) is 0 Å². The third-order valence-electron chi connectivity index (χ3n) is 4.19. The van der Waals surface area contributed by atoms with Crippen molar-refractivity contribution in [1.29, 1.82) is 0 Å². The summed E-state index contributed by atoms with van der Waals surface area (Å²) in [6, 6.07) is 18.5. The van der Waals surface area contributed by atoms with E-state index < -0.39 is 0 Å². The van der Waals surface area contributed by atoms with Crippen LogP contribution in [0, 0.1) is 6.07 Å². The van der Waals surface area contributed by atoms with Gasteiger partial charge < -0.3 is 9.64 Å². The van der Waals surface area contributed by atoms with Gasteiger partial charge in [0, 0.05) is 43.9 Å². The van der Waals surface area contributed by atoms with Gasteiger partial charge in [0.25, 0.3) is 5.91 Å². The molecule has 1 saturated heterocycles. The van der Waals surface area contributed by atoms with E-state index in [9.17, 15) is 4.79 Å². The molecule has 119 valence electrons. The van der Waals surface area contributed by atoms with Crippen molar-refractivity contribution in [3.63, 3.8) is 0 Å². The number of para-hydroxylation sites is 1. The lowest BCUT2D eigenvalue weighted by Crippen LogP contribution is -2.48. The number of amides is 1. The quantitative estimate of drug-likeness (QED) is 0.870. The Hall–Kier alpha value is -2.33. The molecule has 1 amide bonds. The van der Waals surface area contributed by atoms with Crippen LogP contribution in [-0.4, -0.2) is 49.0 Å². The zero-order valence-electron chi connectivity index (χ0n) is 13.4. The van der Waals surface area contributed by atoms with Crippen LogP contribution in [0.3, 0.4) is 0 Å². The second-order valence-corrected chi connectivity index (χ2v) is 5.66. The predicted molar refractivity (Wildman–Crippen MR) is 89.5 cm³/mol. The Bertz CT molecular complexity index is 649. The highest BCUT2D eigenvalue weighted by atomic mass is 16.5. The zero-order chi connectivity index (χ0) is 16.1. The molecule has 3 rings (SSSR count). The van der Waals surface area contributed by atoms with Gasteiger partial charge in [-0.15, -0.1) is 0 Å². The van der Waals surface area contributed by atoms with Crippen molar-refractivity contribution < 1.29 is 9.53 Å². The summed E-state index contributed by atoms with van der Waals surface area (Å²) in [6.45, 7) is 4.09. The van der Waals surface area contributed by atoms with E-state index in [-0.39, 0.29) is 5.91 Å². The molecule has 4 nitrogen and oxygen atoms in total. The number of benzene rings is 2. The molecule has 0 aliphatic carbocycles. The van der Waals surface area contributed by atoms with Crippen LogP contribution in [0.5, 0.6) is 5.75 Å². The summed E-state index contributed by atoms with van der Waals surface area (Å²) in [5.41, 5.74) is 1.83. The summed E-state index contributed by atoms with van der Waals surface area (Å²) in [5.74, 6) is 0.993. The SMILES string of the molecule is COc1ccccc1CN1CCN(C(=O)c2[c]cccc2)CC1. The number of ether oxygens (including phenoxy) is 1. The van der Waals surface area contributed by atoms with Crippen molar-refractivity contribution in [3.05, 3.63) is 65.7 Å². The second kappa shape index (κ2) is 7.29. The summed E-state index contributed by atoms with van der Waals surface area (Å²) in [6.07, 6.45) is 0. The van der Waals surface area contributed by atoms with Crippen LogP contribution < -0.4 is 4.74 Å². The van der Waals surface area contributed by atoms with Crippen LogP contribution in [-0.2, 0) is 6.54 Å². The molecule has 1 aliphatic heterocycles. The maximum atomic E-state index is 12.4. The number of methoxy groups -OCH3 is 1. The fourth-order valence-electron chi connectivity index (χ4n) is 2.88. The molecule has 0 N–H and O–H groups in total. The minimum atomic E-state index is 0.0718. The van der Waals surface area contributed by atoms with Crippen molar-refractivity contribution in [2.75, 3.05) is 33.3 Å². The van der Waals surface area contributed by atoms with Gasteiger partial charge in [-0.1, -0.05) is 36.4 Å². The lowest BCUT2D eigenvalue weighted by molar-refractivity contribution is 0.0627. The van der Waals surface area contributed by atoms with Gasteiger partial charge in [-0.05, 0) is 18.2 Å². The molecule has 2 aromatic carbocycles. The first kappa shape index (κ1) is 15.6. The summed E-state index contributed by atoms with van der Waals surface area (Å²) >= 11 is 0. The standard InChI is InChI=1S/C19H21N2O2/c1-23-18-10-6-5-9-17(18)15-20-11-13-21(14-12-20)19(22)16-7-3-2-4-8-16/h2-7,9-10H,11-15H2,1H3. The van der Waals surface area contributed by atoms with Crippen molar-refractivity contribution in [2.45, 2.75) is 6.54 Å². The number of carbonyl (C=O) groups is 1. The smallest absolute Gasteiger partial charge is 0.254 e. The molecular formula is C19H21N2O2. The van der Waals surface area contributed by atoms with E-state index in [1.165, 1.54) is 5.56 Å². The van der Waals surface area contributed by atoms with Gasteiger partial charge in [0.15, 0.2) is 0 Å². The molecule has 0 aromatic heterocycles. The topological polar surface area (TPSA) is 32.8 Å². The zero-order valence-corrected chi connectivity index (χ0v) is 13.4. The van der Waals surface area contributed by atoms with E-state index in [2.05, 4.69) is 17.0 Å². The third-order valence-corrected chi connectivity index (χ3v) is 4.19. The Morgan fingerprint density at radius 2 is 1.83 bits per heavy atom. The lowest BCUT2D eigenvalue weighted by atomic mass is 10.1. The van der Waals surface area contributed by atoms with E-state index in [1.807, 2.05) is 41.3 Å². The summed E-state index contributed by atoms with van der Waals surface area (Å²) in [5, 5.41) is 0. The number of piperazine rings is 1. The van der Waals surface area contributed by atoms with Crippen molar-refractivity contribution >= 4 is 5.91 Å². The maximum Gasteiger partial charge on any atom is 0.254 e. The number of carbonyl (C=O) groups excluding carboxylic acids is 1. The molecule has 0 bridgehead atoms. The number of hydrogen-bond acceptors (Lipinski definition) is 3. The van der Waals surface area contributed by atoms with Crippen LogP contribution in [0.25, 0.3) is 0 Å². The Balaban J connectivity index is 1.57. The first-order valence-electron chi connectivity index (χ1n) is 7.88. The van der Waals surface area contributed by atoms with Crippen molar-refractivity contribution in [2.24, 2.45) is 0 Å². The molecule has 1 radical (unpaired) electrons. The Morgan fingerprint density at radius 1 is 1.09 bits per heavy atom. The van der Waals surface area contributed by atoms with E-state index >= 15 is 0 Å². The van der Waals surface area contributed by atoms with E-state index in [1.54, 1.807) is 13.2 Å². The van der Waals surface area contributed by atoms with Crippen LogP contribution in [0.2, 0.25) is 0 Å². The van der Waals surface area contributed by atoms with Crippen LogP contribution in [0.1, 0.15) is 15.9 Å². The molecule has 2 aromatic rings. The van der Waals surface area contributed by atoms with E-state index in [0.717, 1.165) is 38.5 Å². The van der Waals surface area contributed by atoms with Crippen LogP contribution >= 0.6 is 0 Å². The first-order chi connectivity index (χ1) is 11.3. The van der Waals surface area contributed by atoms with Crippen molar-refractivity contribution in [3.8, 4) is 5.75 Å². The largest absolute Gasteiger partial charge is 0.496 e. The minimum absolute atomic E-state index is 0.0718. The average molecular weight is 309 g/mol. The predicted octanol–water partition coefficient (Wildman–Crippen LogP) is 2.45. The number of rotatable bonds is 4. The molecule has 1 heterocycles. The molecule has 0 unspecified atom stereocenters. The maximum absolute atomic E-state index is 12.4. The fourth-order valence-corrected chi connectivity index (χ4v) is 2.88. The van der Waals surface area contributed by atoms with E-state index in [4.69, 9.17) is 4.74 Å². The highest BCUT2D eigenvalue weighted by Gasteiger charge is 2.22. The highest BCUT2D eigenvalue weighted by Crippen LogP contribution is 2.20. The Kier molecular flexibility index (Phi) is 4.93. The summed E-state index contributed by atoms with van der Waals surface area (Å²) < 4.78 is 5.41. The van der Waals surface area contributed by atoms with Crippen LogP contribution in [0.4, 0.5) is 0 Å². The molecular weight excluding hydrogens is 288 g/mol. The number of nitrogens with zero attached hydrogens (tertiary/aromatic N) is 2. The van der Waals surface area contributed by atoms with E-state index in [0.29, 0.717) is 5.56 Å². The molecule has 1 aliphatic rings. The van der Waals surface area contributed by atoms with Gasteiger partial charge >= 0.3 is 0 Å². The summed E-state index contributed by atoms with van der Waals surface area (Å²) in [7, 11) is 1.70. The third kappa shape index (κ3) is 3.71. The number of hydrogen-bond donors (Lipinski definition) is 0. The Labute approximate surface area is 137 Å². The second-order valence-electron chi connectivity index (χ2n) is 5.66. The lowest BCUT2D eigenvalue weighted by Gasteiger charge is -2.35. The van der Waals surface area contributed by atoms with Gasteiger partial charge in [0.05, 0.1) is 7.11 Å². The molecule has 4 heteroatoms. The monoisotopic (exact) mass is 309 g/mol. The molecule has 1 fully saturated rings. The van der Waals surface area contributed by atoms with Gasteiger partial charge in [-0.2, -0.15) is 0 Å². The Morgan fingerprint density at radius 3 is 2.52 bits per heavy atom. The molecule has 0 spiro atoms. The minimum Gasteiger partial charge on any atom is -0.496 e. The van der Waals surface area contributed by atoms with Crippen molar-refractivity contribution in [1.82, 2.24) is 9.80 Å². The van der Waals surface area contributed by atoms with Gasteiger partial charge in [0.1, 0.15) is 5.75 Å². The molecule has 0 atom stereocenters. The average Bonchev–Trinajstić information content (AvgIpc) is 2.63. The highest BCUT2D eigenvalue weighted by molar-refractivity contribution is 5.93. The molecule has 23 heavy (non-hydrogen) atoms. The fraction of sp³-hybridized carbons (Fsp3) is 0.316. The normalized spacial score (nSPS) is 15.4. The van der Waals surface area contributed by atoms with Gasteiger partial charge in [-0.25, -0.2) is 0 Å². The van der Waals surface area contributed by atoms with Gasteiger partial charge in [-0.3, -0.25) is 9.69 Å². The van der Waals surface area contributed by atoms with Crippen LogP contribution in [0.15, 0.2) is 48.5 Å². The molecule has 0 saturated carbocycles. The first-order valence-corrected chi connectivity index (χ1v) is 7.88. The summed E-state index contributed by atoms with van der Waals surface area (Å²) in [4.78, 5) is 16.7.